The molecule has 4 heteroatoms. The highest BCUT2D eigenvalue weighted by Crippen LogP contribution is 1.95. The Morgan fingerprint density at radius 1 is 0.938 bits per heavy atom. The van der Waals surface area contributed by atoms with Crippen LogP contribution in [0.25, 0.3) is 0 Å². The first kappa shape index (κ1) is 29.6. The van der Waals surface area contributed by atoms with E-state index in [1.165, 1.54) is 39.5 Å². The zero-order valence-electron chi connectivity index (χ0n) is 11.8. The molecule has 0 unspecified atom stereocenters. The van der Waals surface area contributed by atoms with Crippen molar-refractivity contribution >= 4 is 5.78 Å². The van der Waals surface area contributed by atoms with Crippen LogP contribution in [0.5, 0.6) is 0 Å². The third kappa shape index (κ3) is 328. The van der Waals surface area contributed by atoms with Crippen molar-refractivity contribution in [2.45, 2.75) is 60.3 Å². The Bertz CT molecular complexity index is 77.1. The molecule has 0 fully saturated rings. The Labute approximate surface area is 101 Å². The number of Topliss-reactive ketones (excluding diaryl/α,β-unsaturated/α-hetero) is 1. The van der Waals surface area contributed by atoms with Crippen LogP contribution in [0, 0.1) is 0 Å². The van der Waals surface area contributed by atoms with Gasteiger partial charge in [-0.3, -0.25) is 0 Å². The van der Waals surface area contributed by atoms with Crippen LogP contribution in [0.4, 0.5) is 0 Å². The number of aliphatic hydroxyl groups excluding tert-OH is 2. The summed E-state index contributed by atoms with van der Waals surface area (Å²) in [5.74, 6) is 0.167. The van der Waals surface area contributed by atoms with Crippen molar-refractivity contribution in [1.29, 1.82) is 0 Å². The lowest BCUT2D eigenvalue weighted by molar-refractivity contribution is -0.114. The van der Waals surface area contributed by atoms with Crippen LogP contribution < -0.4 is 0 Å². The third-order valence-corrected chi connectivity index (χ3v) is 0.957. The number of hydrogen-bond acceptors (Lipinski definition) is 3. The highest BCUT2D eigenvalue weighted by atomic mass is 16.2. The van der Waals surface area contributed by atoms with E-state index in [0.29, 0.717) is 0 Å². The topological polar surface area (TPSA) is 89.0 Å². The van der Waals surface area contributed by atoms with Gasteiger partial charge in [0.25, 0.3) is 0 Å². The molecule has 0 atom stereocenters. The van der Waals surface area contributed by atoms with Gasteiger partial charge in [-0.2, -0.15) is 0 Å². The number of aliphatic hydroxyl groups is 2. The van der Waals surface area contributed by atoms with Crippen LogP contribution in [0.2, 0.25) is 0 Å². The van der Waals surface area contributed by atoms with E-state index < -0.39 is 0 Å². The molecule has 0 aliphatic carbocycles. The number of ketones is 1. The first-order valence-corrected chi connectivity index (χ1v) is 5.59. The summed E-state index contributed by atoms with van der Waals surface area (Å²) in [6.45, 7) is 9.45. The molecule has 0 aromatic rings. The maximum absolute atomic E-state index is 9.44. The predicted octanol–water partition coefficient (Wildman–Crippen LogP) is 1.96. The number of unbranched alkanes of at least 4 members (excludes halogenated alkanes) is 3. The summed E-state index contributed by atoms with van der Waals surface area (Å²) in [6.07, 6.45) is 5.54. The average Bonchev–Trinajstić information content (AvgIpc) is 2.18. The van der Waals surface area contributed by atoms with Gasteiger partial charge in [-0.05, 0) is 20.8 Å². The largest absolute Gasteiger partial charge is 0.412 e. The van der Waals surface area contributed by atoms with Gasteiger partial charge in [0.15, 0.2) is 0 Å². The van der Waals surface area contributed by atoms with Gasteiger partial charge in [0.1, 0.15) is 5.78 Å². The van der Waals surface area contributed by atoms with E-state index in [9.17, 15) is 4.79 Å². The second-order valence-electron chi connectivity index (χ2n) is 2.93. The van der Waals surface area contributed by atoms with Crippen molar-refractivity contribution in [3.05, 3.63) is 0 Å². The number of rotatable bonds is 3. The second kappa shape index (κ2) is 46.9. The molecule has 0 saturated heterocycles. The molecule has 0 aliphatic rings. The van der Waals surface area contributed by atoms with Gasteiger partial charge in [0.05, 0.1) is 0 Å². The molecule has 0 aliphatic heterocycles. The maximum atomic E-state index is 9.44. The Kier molecular flexibility index (Phi) is 86.6. The van der Waals surface area contributed by atoms with E-state index in [1.54, 1.807) is 6.92 Å². The van der Waals surface area contributed by atoms with E-state index in [0.717, 1.165) is 7.11 Å². The Balaban J connectivity index is -0.0000000358. The lowest BCUT2D eigenvalue weighted by Crippen LogP contribution is -1.69. The zero-order chi connectivity index (χ0) is 13.1. The molecule has 16 heavy (non-hydrogen) atoms. The average molecular weight is 240 g/mol. The normalized spacial score (nSPS) is 6.50. The van der Waals surface area contributed by atoms with Gasteiger partial charge in [-0.25, -0.2) is 0 Å². The fourth-order valence-electron chi connectivity index (χ4n) is 0.500. The molecule has 0 amide bonds. The Morgan fingerprint density at radius 3 is 1.12 bits per heavy atom. The van der Waals surface area contributed by atoms with E-state index in [2.05, 4.69) is 13.8 Å². The van der Waals surface area contributed by atoms with Crippen molar-refractivity contribution < 1.29 is 20.5 Å². The third-order valence-electron chi connectivity index (χ3n) is 0.957. The van der Waals surface area contributed by atoms with Crippen LogP contribution in [-0.4, -0.2) is 35.2 Å². The molecular weight excluding hydrogens is 208 g/mol. The molecule has 0 rings (SSSR count). The Morgan fingerprint density at radius 2 is 1.06 bits per heavy atom. The number of carbonyl (C=O) groups excluding carboxylic acids is 1. The molecule has 0 radical (unpaired) electrons. The zero-order valence-corrected chi connectivity index (χ0v) is 11.8. The van der Waals surface area contributed by atoms with Gasteiger partial charge in [-0.15, -0.1) is 0 Å². The van der Waals surface area contributed by atoms with E-state index in [4.69, 9.17) is 10.2 Å². The summed E-state index contributed by atoms with van der Waals surface area (Å²) in [5, 5.41) is 14.6. The summed E-state index contributed by atoms with van der Waals surface area (Å²) in [4.78, 5) is 9.44. The summed E-state index contributed by atoms with van der Waals surface area (Å²) in [6, 6.07) is 0. The van der Waals surface area contributed by atoms with E-state index >= 15 is 0 Å². The van der Waals surface area contributed by atoms with Crippen LogP contribution in [-0.2, 0) is 4.79 Å². The van der Waals surface area contributed by atoms with E-state index in [1.807, 2.05) is 0 Å². The number of hydrogen-bond donors (Lipinski definition) is 2. The lowest BCUT2D eigenvalue weighted by atomic mass is 10.2. The van der Waals surface area contributed by atoms with Crippen molar-refractivity contribution in [2.75, 3.05) is 13.7 Å². The lowest BCUT2D eigenvalue weighted by Gasteiger charge is -1.86. The molecule has 0 aromatic carbocycles. The van der Waals surface area contributed by atoms with Gasteiger partial charge in [0, 0.05) is 13.7 Å². The fraction of sp³-hybridized carbons (Fsp3) is 0.917. The van der Waals surface area contributed by atoms with Crippen molar-refractivity contribution in [1.82, 2.24) is 0 Å². The van der Waals surface area contributed by atoms with E-state index in [-0.39, 0.29) is 17.9 Å². The first-order chi connectivity index (χ1) is 7.06. The standard InChI is InChI=1S/C6H14.C3H6O.C2H6O.CH4O.H2O/c1-3-5-6-4-2;1-3(2)4;1-2-3;1-2;/h3-6H2,1-2H3;1-2H3;3H,2H2,1H3;2H,1H3;1H2. The molecular formula is C12H32O4. The first-order valence-electron chi connectivity index (χ1n) is 5.59. The Hall–Kier alpha value is -0.450. The van der Waals surface area contributed by atoms with Crippen molar-refractivity contribution in [3.8, 4) is 0 Å². The minimum Gasteiger partial charge on any atom is -0.412 e. The summed E-state index contributed by atoms with van der Waals surface area (Å²) >= 11 is 0. The molecule has 0 saturated carbocycles. The second-order valence-corrected chi connectivity index (χ2v) is 2.93. The molecule has 0 aromatic heterocycles. The molecule has 0 spiro atoms. The van der Waals surface area contributed by atoms with Crippen LogP contribution in [0.1, 0.15) is 60.3 Å². The fourth-order valence-corrected chi connectivity index (χ4v) is 0.500. The molecule has 104 valence electrons. The molecule has 4 nitrogen and oxygen atoms in total. The SMILES string of the molecule is CC(C)=O.CCCCCC.CCO.CO.O. The molecule has 4 N–H and O–H groups in total. The summed E-state index contributed by atoms with van der Waals surface area (Å²) in [5.41, 5.74) is 0. The van der Waals surface area contributed by atoms with Gasteiger partial charge in [0.2, 0.25) is 0 Å². The van der Waals surface area contributed by atoms with Gasteiger partial charge >= 0.3 is 0 Å². The molecule has 0 heterocycles. The highest BCUT2D eigenvalue weighted by Gasteiger charge is 1.75. The quantitative estimate of drug-likeness (QED) is 0.739. The summed E-state index contributed by atoms with van der Waals surface area (Å²) in [7, 11) is 1.00. The van der Waals surface area contributed by atoms with Crippen molar-refractivity contribution in [3.63, 3.8) is 0 Å². The van der Waals surface area contributed by atoms with Crippen LogP contribution >= 0.6 is 0 Å². The van der Waals surface area contributed by atoms with Crippen LogP contribution in [0.3, 0.4) is 0 Å². The minimum atomic E-state index is 0. The predicted molar refractivity (Wildman–Crippen MR) is 70.7 cm³/mol. The van der Waals surface area contributed by atoms with Gasteiger partial charge < -0.3 is 20.5 Å². The van der Waals surface area contributed by atoms with Gasteiger partial charge in [-0.1, -0.05) is 39.5 Å². The summed E-state index contributed by atoms with van der Waals surface area (Å²) < 4.78 is 0. The molecule has 0 bridgehead atoms. The monoisotopic (exact) mass is 240 g/mol. The maximum Gasteiger partial charge on any atom is 0.126 e. The minimum absolute atomic E-state index is 0. The highest BCUT2D eigenvalue weighted by molar-refractivity contribution is 5.72. The smallest absolute Gasteiger partial charge is 0.126 e. The number of carbonyl (C=O) groups is 1. The van der Waals surface area contributed by atoms with Crippen molar-refractivity contribution in [2.24, 2.45) is 0 Å². The van der Waals surface area contributed by atoms with Crippen LogP contribution in [0.15, 0.2) is 0 Å².